The first kappa shape index (κ1) is 20.5. The number of rotatable bonds is 9. The lowest BCUT2D eigenvalue weighted by molar-refractivity contribution is -0.151. The van der Waals surface area contributed by atoms with Crippen LogP contribution in [-0.2, 0) is 19.1 Å². The van der Waals surface area contributed by atoms with Crippen LogP contribution in [0.25, 0.3) is 0 Å². The Morgan fingerprint density at radius 1 is 1.26 bits per heavy atom. The second-order valence-electron chi connectivity index (χ2n) is 6.13. The summed E-state index contributed by atoms with van der Waals surface area (Å²) in [5, 5.41) is 5.73. The average molecular weight is 377 g/mol. The first-order chi connectivity index (χ1) is 13.0. The van der Waals surface area contributed by atoms with Crippen LogP contribution < -0.4 is 15.4 Å². The molecule has 1 fully saturated rings. The minimum Gasteiger partial charge on any atom is -0.494 e. The molecule has 8 heteroatoms. The Hall–Kier alpha value is -2.77. The monoisotopic (exact) mass is 377 g/mol. The van der Waals surface area contributed by atoms with Crippen molar-refractivity contribution in [1.29, 1.82) is 0 Å². The highest BCUT2D eigenvalue weighted by Crippen LogP contribution is 2.16. The minimum absolute atomic E-state index is 0.0295. The number of benzene rings is 1. The van der Waals surface area contributed by atoms with Crippen molar-refractivity contribution in [2.75, 3.05) is 38.2 Å². The van der Waals surface area contributed by atoms with Gasteiger partial charge in [0, 0.05) is 18.8 Å². The third-order valence-electron chi connectivity index (χ3n) is 4.09. The first-order valence-electron chi connectivity index (χ1n) is 9.24. The smallest absolute Gasteiger partial charge is 0.308 e. The minimum atomic E-state index is -0.835. The molecule has 27 heavy (non-hydrogen) atoms. The number of amides is 2. The number of carbonyl (C=O) groups is 3. The maximum absolute atomic E-state index is 12.6. The van der Waals surface area contributed by atoms with Gasteiger partial charge in [0.25, 0.3) is 0 Å². The van der Waals surface area contributed by atoms with Gasteiger partial charge in [-0.2, -0.15) is 0 Å². The van der Waals surface area contributed by atoms with Gasteiger partial charge < -0.3 is 25.0 Å². The highest BCUT2D eigenvalue weighted by molar-refractivity contribution is 5.93. The predicted molar refractivity (Wildman–Crippen MR) is 100 cm³/mol. The molecule has 1 heterocycles. The van der Waals surface area contributed by atoms with Crippen molar-refractivity contribution in [2.45, 2.75) is 32.7 Å². The number of hydrogen-bond donors (Lipinski definition) is 2. The van der Waals surface area contributed by atoms with Gasteiger partial charge in [-0.05, 0) is 37.6 Å². The standard InChI is InChI=1S/C19H27N3O5/c1-3-11-27-18(24)12-16-19(25)20-9-10-22(16)17(23)13-21-14-5-7-15(8-6-14)26-4-2/h5-8,16,21H,3-4,9-13H2,1-2H3,(H,20,25). The zero-order chi connectivity index (χ0) is 19.6. The summed E-state index contributed by atoms with van der Waals surface area (Å²) in [6.07, 6.45) is 0.567. The summed E-state index contributed by atoms with van der Waals surface area (Å²) in [6, 6.07) is 6.44. The number of anilines is 1. The van der Waals surface area contributed by atoms with Crippen molar-refractivity contribution in [2.24, 2.45) is 0 Å². The molecule has 0 radical (unpaired) electrons. The molecular formula is C19H27N3O5. The number of ether oxygens (including phenoxy) is 2. The fourth-order valence-electron chi connectivity index (χ4n) is 2.76. The molecule has 0 aliphatic carbocycles. The van der Waals surface area contributed by atoms with Crippen molar-refractivity contribution < 1.29 is 23.9 Å². The summed E-state index contributed by atoms with van der Waals surface area (Å²) in [4.78, 5) is 38.1. The predicted octanol–water partition coefficient (Wildman–Crippen LogP) is 1.17. The van der Waals surface area contributed by atoms with Crippen molar-refractivity contribution in [3.05, 3.63) is 24.3 Å². The van der Waals surface area contributed by atoms with Crippen LogP contribution in [0, 0.1) is 0 Å². The van der Waals surface area contributed by atoms with E-state index in [1.54, 1.807) is 0 Å². The average Bonchev–Trinajstić information content (AvgIpc) is 2.67. The Morgan fingerprint density at radius 2 is 2.00 bits per heavy atom. The largest absolute Gasteiger partial charge is 0.494 e. The number of esters is 1. The lowest BCUT2D eigenvalue weighted by atomic mass is 10.1. The van der Waals surface area contributed by atoms with Crippen LogP contribution in [0.2, 0.25) is 0 Å². The fraction of sp³-hybridized carbons (Fsp3) is 0.526. The van der Waals surface area contributed by atoms with Gasteiger partial charge in [0.15, 0.2) is 0 Å². The summed E-state index contributed by atoms with van der Waals surface area (Å²) in [7, 11) is 0. The molecule has 0 bridgehead atoms. The summed E-state index contributed by atoms with van der Waals surface area (Å²) in [5.74, 6) is -0.292. The number of carbonyl (C=O) groups excluding carboxylic acids is 3. The summed E-state index contributed by atoms with van der Waals surface area (Å²) >= 11 is 0. The molecule has 1 aromatic rings. The Labute approximate surface area is 159 Å². The second kappa shape index (κ2) is 10.4. The number of hydrogen-bond acceptors (Lipinski definition) is 6. The van der Waals surface area contributed by atoms with E-state index in [-0.39, 0.29) is 24.8 Å². The molecule has 1 atom stereocenters. The van der Waals surface area contributed by atoms with Crippen LogP contribution >= 0.6 is 0 Å². The zero-order valence-electron chi connectivity index (χ0n) is 15.8. The maximum atomic E-state index is 12.6. The molecule has 0 saturated carbocycles. The zero-order valence-corrected chi connectivity index (χ0v) is 15.8. The summed E-state index contributed by atoms with van der Waals surface area (Å²) in [6.45, 7) is 5.46. The van der Waals surface area contributed by atoms with E-state index in [1.807, 2.05) is 38.1 Å². The van der Waals surface area contributed by atoms with Gasteiger partial charge in [-0.1, -0.05) is 6.92 Å². The van der Waals surface area contributed by atoms with E-state index in [0.29, 0.717) is 32.7 Å². The van der Waals surface area contributed by atoms with Crippen LogP contribution in [-0.4, -0.2) is 61.6 Å². The quantitative estimate of drug-likeness (QED) is 0.627. The summed E-state index contributed by atoms with van der Waals surface area (Å²) in [5.41, 5.74) is 0.771. The van der Waals surface area contributed by atoms with Crippen LogP contribution in [0.5, 0.6) is 5.75 Å². The van der Waals surface area contributed by atoms with Crippen molar-refractivity contribution in [3.63, 3.8) is 0 Å². The van der Waals surface area contributed by atoms with E-state index < -0.39 is 12.0 Å². The fourth-order valence-corrected chi connectivity index (χ4v) is 2.76. The van der Waals surface area contributed by atoms with Gasteiger partial charge in [-0.15, -0.1) is 0 Å². The van der Waals surface area contributed by atoms with E-state index in [1.165, 1.54) is 4.90 Å². The van der Waals surface area contributed by atoms with Gasteiger partial charge in [0.05, 0.1) is 26.2 Å². The van der Waals surface area contributed by atoms with E-state index in [2.05, 4.69) is 10.6 Å². The second-order valence-corrected chi connectivity index (χ2v) is 6.13. The molecule has 2 rings (SSSR count). The van der Waals surface area contributed by atoms with Gasteiger partial charge in [-0.3, -0.25) is 14.4 Å². The number of piperazine rings is 1. The lowest BCUT2D eigenvalue weighted by Gasteiger charge is -2.34. The molecule has 1 saturated heterocycles. The van der Waals surface area contributed by atoms with Crippen molar-refractivity contribution in [3.8, 4) is 5.75 Å². The van der Waals surface area contributed by atoms with Crippen LogP contribution in [0.15, 0.2) is 24.3 Å². The van der Waals surface area contributed by atoms with E-state index in [9.17, 15) is 14.4 Å². The first-order valence-corrected chi connectivity index (χ1v) is 9.24. The van der Waals surface area contributed by atoms with Gasteiger partial charge in [0.1, 0.15) is 11.8 Å². The molecule has 0 spiro atoms. The van der Waals surface area contributed by atoms with Crippen LogP contribution in [0.1, 0.15) is 26.7 Å². The number of nitrogens with zero attached hydrogens (tertiary/aromatic N) is 1. The molecule has 8 nitrogen and oxygen atoms in total. The Morgan fingerprint density at radius 3 is 2.67 bits per heavy atom. The topological polar surface area (TPSA) is 97.0 Å². The van der Waals surface area contributed by atoms with Gasteiger partial charge in [-0.25, -0.2) is 0 Å². The molecule has 1 aromatic carbocycles. The Kier molecular flexibility index (Phi) is 7.91. The Balaban J connectivity index is 1.93. The maximum Gasteiger partial charge on any atom is 0.308 e. The molecule has 2 N–H and O–H groups in total. The van der Waals surface area contributed by atoms with Crippen LogP contribution in [0.3, 0.4) is 0 Å². The highest BCUT2D eigenvalue weighted by atomic mass is 16.5. The highest BCUT2D eigenvalue weighted by Gasteiger charge is 2.34. The molecular weight excluding hydrogens is 350 g/mol. The SMILES string of the molecule is CCCOC(=O)CC1C(=O)NCCN1C(=O)CNc1ccc(OCC)cc1. The lowest BCUT2D eigenvalue weighted by Crippen LogP contribution is -2.58. The summed E-state index contributed by atoms with van der Waals surface area (Å²) < 4.78 is 10.4. The molecule has 2 amide bonds. The molecule has 1 unspecified atom stereocenters. The van der Waals surface area contributed by atoms with Crippen molar-refractivity contribution in [1.82, 2.24) is 10.2 Å². The van der Waals surface area contributed by atoms with Gasteiger partial charge >= 0.3 is 5.97 Å². The molecule has 1 aliphatic heterocycles. The number of nitrogens with one attached hydrogen (secondary N) is 2. The van der Waals surface area contributed by atoms with Gasteiger partial charge in [0.2, 0.25) is 11.8 Å². The van der Waals surface area contributed by atoms with Crippen LogP contribution in [0.4, 0.5) is 5.69 Å². The van der Waals surface area contributed by atoms with E-state index in [0.717, 1.165) is 11.4 Å². The Bertz CT molecular complexity index is 647. The molecule has 148 valence electrons. The van der Waals surface area contributed by atoms with Crippen molar-refractivity contribution >= 4 is 23.5 Å². The molecule has 0 aromatic heterocycles. The third-order valence-corrected chi connectivity index (χ3v) is 4.09. The van der Waals surface area contributed by atoms with E-state index in [4.69, 9.17) is 9.47 Å². The van der Waals surface area contributed by atoms with E-state index >= 15 is 0 Å². The third kappa shape index (κ3) is 6.16. The normalized spacial score (nSPS) is 16.4. The molecule has 1 aliphatic rings.